The Morgan fingerprint density at radius 2 is 1.63 bits per heavy atom. The van der Waals surface area contributed by atoms with Crippen LogP contribution in [0.3, 0.4) is 0 Å². The smallest absolute Gasteiger partial charge is 0.247 e. The quantitative estimate of drug-likeness (QED) is 0.241. The fourth-order valence-corrected chi connectivity index (χ4v) is 4.46. The molecule has 0 aliphatic heterocycles. The van der Waals surface area contributed by atoms with Crippen LogP contribution < -0.4 is 4.74 Å². The van der Waals surface area contributed by atoms with Crippen molar-refractivity contribution in [3.63, 3.8) is 0 Å². The molecule has 5 rings (SSSR count). The molecule has 0 N–H and O–H groups in total. The third kappa shape index (κ3) is 5.44. The van der Waals surface area contributed by atoms with E-state index in [1.54, 1.807) is 0 Å². The van der Waals surface area contributed by atoms with E-state index in [2.05, 4.69) is 37.1 Å². The van der Waals surface area contributed by atoms with E-state index < -0.39 is 0 Å². The van der Waals surface area contributed by atoms with E-state index in [0.29, 0.717) is 30.6 Å². The molecule has 176 valence electrons. The molecular weight excluding hydrogens is 458 g/mol. The van der Waals surface area contributed by atoms with Crippen molar-refractivity contribution in [3.05, 3.63) is 102 Å². The summed E-state index contributed by atoms with van der Waals surface area (Å²) in [6.07, 6.45) is 0.666. The summed E-state index contributed by atoms with van der Waals surface area (Å²) in [5, 5.41) is 18.2. The zero-order valence-electron chi connectivity index (χ0n) is 19.6. The van der Waals surface area contributed by atoms with Gasteiger partial charge in [0, 0.05) is 17.7 Å². The standard InChI is InChI=1S/C27H25N5O2S/c1-3-33-23-15-13-22(14-16-23)32-24(17-20-7-5-4-6-8-20)28-31-27(32)35-18-25-29-30-26(34-25)21-11-9-19(2)10-12-21/h4-16H,3,17-18H2,1-2H3. The Morgan fingerprint density at radius 1 is 0.857 bits per heavy atom. The van der Waals surface area contributed by atoms with Gasteiger partial charge >= 0.3 is 0 Å². The van der Waals surface area contributed by atoms with E-state index in [9.17, 15) is 0 Å². The normalized spacial score (nSPS) is 11.0. The fraction of sp³-hybridized carbons (Fsp3) is 0.185. The second-order valence-corrected chi connectivity index (χ2v) is 8.92. The van der Waals surface area contributed by atoms with Crippen LogP contribution >= 0.6 is 11.8 Å². The Morgan fingerprint density at radius 3 is 2.37 bits per heavy atom. The van der Waals surface area contributed by atoms with Crippen molar-refractivity contribution in [2.24, 2.45) is 0 Å². The number of hydrogen-bond acceptors (Lipinski definition) is 7. The first-order valence-electron chi connectivity index (χ1n) is 11.4. The minimum atomic E-state index is 0.485. The lowest BCUT2D eigenvalue weighted by Gasteiger charge is -2.11. The number of rotatable bonds is 9. The zero-order chi connectivity index (χ0) is 24.0. The van der Waals surface area contributed by atoms with Gasteiger partial charge in [-0.05, 0) is 55.8 Å². The molecule has 0 atom stereocenters. The van der Waals surface area contributed by atoms with Crippen molar-refractivity contribution in [3.8, 4) is 22.9 Å². The minimum Gasteiger partial charge on any atom is -0.494 e. The molecule has 0 radical (unpaired) electrons. The van der Waals surface area contributed by atoms with E-state index in [0.717, 1.165) is 28.0 Å². The number of hydrogen-bond donors (Lipinski definition) is 0. The van der Waals surface area contributed by atoms with Crippen LogP contribution in [0, 0.1) is 6.92 Å². The third-order valence-corrected chi connectivity index (χ3v) is 6.32. The molecule has 0 spiro atoms. The Balaban J connectivity index is 1.39. The van der Waals surface area contributed by atoms with E-state index in [1.807, 2.05) is 80.6 Å². The first-order chi connectivity index (χ1) is 17.2. The lowest BCUT2D eigenvalue weighted by atomic mass is 10.1. The molecule has 0 amide bonds. The number of nitrogens with zero attached hydrogens (tertiary/aromatic N) is 5. The Hall–Kier alpha value is -3.91. The average molecular weight is 484 g/mol. The van der Waals surface area contributed by atoms with Crippen LogP contribution in [-0.2, 0) is 12.2 Å². The van der Waals surface area contributed by atoms with Gasteiger partial charge in [0.15, 0.2) is 5.16 Å². The zero-order valence-corrected chi connectivity index (χ0v) is 20.4. The maximum Gasteiger partial charge on any atom is 0.247 e. The monoisotopic (exact) mass is 483 g/mol. The SMILES string of the molecule is CCOc1ccc(-n2c(Cc3ccccc3)nnc2SCc2nnc(-c3ccc(C)cc3)o2)cc1. The molecule has 0 aliphatic carbocycles. The van der Waals surface area contributed by atoms with Crippen molar-refractivity contribution >= 4 is 11.8 Å². The number of aryl methyl sites for hydroxylation is 1. The number of ether oxygens (including phenoxy) is 1. The van der Waals surface area contributed by atoms with Gasteiger partial charge in [-0.2, -0.15) is 0 Å². The highest BCUT2D eigenvalue weighted by Gasteiger charge is 2.17. The summed E-state index contributed by atoms with van der Waals surface area (Å²) in [5.74, 6) is 3.22. The van der Waals surface area contributed by atoms with Gasteiger partial charge in [0.05, 0.1) is 12.4 Å². The van der Waals surface area contributed by atoms with Gasteiger partial charge in [0.25, 0.3) is 0 Å². The van der Waals surface area contributed by atoms with Crippen molar-refractivity contribution in [2.75, 3.05) is 6.61 Å². The van der Waals surface area contributed by atoms with Crippen LogP contribution in [0.4, 0.5) is 0 Å². The molecule has 2 heterocycles. The molecule has 5 aromatic rings. The van der Waals surface area contributed by atoms with E-state index in [1.165, 1.54) is 22.9 Å². The van der Waals surface area contributed by atoms with Gasteiger partial charge in [-0.3, -0.25) is 4.57 Å². The Bertz CT molecular complexity index is 1380. The van der Waals surface area contributed by atoms with Crippen molar-refractivity contribution in [1.82, 2.24) is 25.0 Å². The second kappa shape index (κ2) is 10.6. The second-order valence-electron chi connectivity index (χ2n) is 7.98. The highest BCUT2D eigenvalue weighted by molar-refractivity contribution is 7.98. The van der Waals surface area contributed by atoms with Gasteiger partial charge in [-0.1, -0.05) is 59.8 Å². The number of aromatic nitrogens is 5. The first kappa shape index (κ1) is 22.9. The maximum absolute atomic E-state index is 5.90. The molecular formula is C27H25N5O2S. The summed E-state index contributed by atoms with van der Waals surface area (Å²) in [6, 6.07) is 26.3. The van der Waals surface area contributed by atoms with Crippen LogP contribution in [0.2, 0.25) is 0 Å². The molecule has 8 heteroatoms. The van der Waals surface area contributed by atoms with Gasteiger partial charge in [0.1, 0.15) is 11.6 Å². The van der Waals surface area contributed by atoms with Crippen molar-refractivity contribution in [2.45, 2.75) is 31.2 Å². The third-order valence-electron chi connectivity index (χ3n) is 5.40. The van der Waals surface area contributed by atoms with Crippen LogP contribution in [0.25, 0.3) is 17.1 Å². The number of benzene rings is 3. The fourth-order valence-electron chi connectivity index (χ4n) is 3.66. The average Bonchev–Trinajstić information content (AvgIpc) is 3.52. The van der Waals surface area contributed by atoms with Crippen molar-refractivity contribution < 1.29 is 9.15 Å². The molecule has 0 fully saturated rings. The van der Waals surface area contributed by atoms with E-state index in [-0.39, 0.29) is 0 Å². The van der Waals surface area contributed by atoms with Crippen LogP contribution in [0.1, 0.15) is 29.8 Å². The molecule has 0 saturated heterocycles. The summed E-state index contributed by atoms with van der Waals surface area (Å²) >= 11 is 1.51. The first-order valence-corrected chi connectivity index (χ1v) is 12.4. The van der Waals surface area contributed by atoms with E-state index >= 15 is 0 Å². The van der Waals surface area contributed by atoms with E-state index in [4.69, 9.17) is 9.15 Å². The highest BCUT2D eigenvalue weighted by atomic mass is 32.2. The summed E-state index contributed by atoms with van der Waals surface area (Å²) in [5.41, 5.74) is 4.23. The minimum absolute atomic E-state index is 0.485. The lowest BCUT2D eigenvalue weighted by Crippen LogP contribution is -2.04. The Kier molecular flexibility index (Phi) is 6.90. The number of thioether (sulfide) groups is 1. The molecule has 7 nitrogen and oxygen atoms in total. The van der Waals surface area contributed by atoms with Crippen LogP contribution in [0.15, 0.2) is 88.4 Å². The molecule has 35 heavy (non-hydrogen) atoms. The van der Waals surface area contributed by atoms with Gasteiger partial charge in [-0.25, -0.2) is 0 Å². The van der Waals surface area contributed by atoms with Gasteiger partial charge < -0.3 is 9.15 Å². The molecule has 3 aromatic carbocycles. The van der Waals surface area contributed by atoms with Gasteiger partial charge in [0.2, 0.25) is 11.8 Å². The molecule has 0 bridgehead atoms. The Labute approximate surface area is 208 Å². The summed E-state index contributed by atoms with van der Waals surface area (Å²) < 4.78 is 13.6. The topological polar surface area (TPSA) is 78.9 Å². The molecule has 0 unspecified atom stereocenters. The van der Waals surface area contributed by atoms with Crippen molar-refractivity contribution in [1.29, 1.82) is 0 Å². The van der Waals surface area contributed by atoms with Gasteiger partial charge in [-0.15, -0.1) is 20.4 Å². The summed E-state index contributed by atoms with van der Waals surface area (Å²) in [6.45, 7) is 4.65. The maximum atomic E-state index is 5.90. The molecule has 0 aliphatic rings. The lowest BCUT2D eigenvalue weighted by molar-refractivity contribution is 0.340. The molecule has 2 aromatic heterocycles. The molecule has 0 saturated carbocycles. The predicted molar refractivity (Wildman–Crippen MR) is 136 cm³/mol. The summed E-state index contributed by atoms with van der Waals surface area (Å²) in [7, 11) is 0. The summed E-state index contributed by atoms with van der Waals surface area (Å²) in [4.78, 5) is 0. The van der Waals surface area contributed by atoms with Crippen LogP contribution in [-0.4, -0.2) is 31.6 Å². The highest BCUT2D eigenvalue weighted by Crippen LogP contribution is 2.28. The largest absolute Gasteiger partial charge is 0.494 e. The van der Waals surface area contributed by atoms with Crippen LogP contribution in [0.5, 0.6) is 5.75 Å². The predicted octanol–water partition coefficient (Wildman–Crippen LogP) is 5.91.